The van der Waals surface area contributed by atoms with Gasteiger partial charge in [-0.3, -0.25) is 14.6 Å². The first-order valence-corrected chi connectivity index (χ1v) is 8.68. The maximum Gasteiger partial charge on any atom is 0.234 e. The molecule has 2 heterocycles. The van der Waals surface area contributed by atoms with E-state index >= 15 is 0 Å². The van der Waals surface area contributed by atoms with E-state index < -0.39 is 6.10 Å². The van der Waals surface area contributed by atoms with Gasteiger partial charge in [0.2, 0.25) is 5.91 Å². The third kappa shape index (κ3) is 8.14. The van der Waals surface area contributed by atoms with Crippen LogP contribution >= 0.6 is 36.2 Å². The second-order valence-corrected chi connectivity index (χ2v) is 7.89. The first-order valence-electron chi connectivity index (χ1n) is 7.81. The Morgan fingerprint density at radius 2 is 1.83 bits per heavy atom. The Morgan fingerprint density at radius 3 is 2.33 bits per heavy atom. The minimum absolute atomic E-state index is 0. The number of hydrogen-bond acceptors (Lipinski definition) is 5. The minimum atomic E-state index is -0.407. The topological polar surface area (TPSA) is 55.8 Å². The lowest BCUT2D eigenvalue weighted by Gasteiger charge is -2.35. The summed E-state index contributed by atoms with van der Waals surface area (Å²) < 4.78 is 0. The van der Waals surface area contributed by atoms with Crippen molar-refractivity contribution < 1.29 is 9.90 Å². The molecule has 1 saturated heterocycles. The van der Waals surface area contributed by atoms with Gasteiger partial charge in [0.25, 0.3) is 0 Å². The lowest BCUT2D eigenvalue weighted by atomic mass is 10.1. The fourth-order valence-electron chi connectivity index (χ4n) is 2.61. The number of thiophene rings is 1. The van der Waals surface area contributed by atoms with Crippen molar-refractivity contribution in [3.8, 4) is 0 Å². The highest BCUT2D eigenvalue weighted by atomic mass is 35.5. The molecule has 0 bridgehead atoms. The molecule has 0 aliphatic carbocycles. The first-order chi connectivity index (χ1) is 10.3. The van der Waals surface area contributed by atoms with Crippen molar-refractivity contribution >= 4 is 42.1 Å². The van der Waals surface area contributed by atoms with Crippen molar-refractivity contribution in [3.05, 3.63) is 22.4 Å². The third-order valence-electron chi connectivity index (χ3n) is 3.65. The van der Waals surface area contributed by atoms with Gasteiger partial charge in [-0.15, -0.1) is 36.2 Å². The number of carbonyl (C=O) groups excluding carboxylic acids is 1. The van der Waals surface area contributed by atoms with E-state index in [1.165, 1.54) is 0 Å². The van der Waals surface area contributed by atoms with E-state index in [9.17, 15) is 9.90 Å². The lowest BCUT2D eigenvalue weighted by Crippen LogP contribution is -2.52. The number of β-amino-alcohol motifs (C(OH)–C–C–N with tert-alkyl or cyclic N) is 1. The number of aliphatic hydroxyl groups excluding tert-OH is 1. The Bertz CT molecular complexity index is 472. The predicted molar refractivity (Wildman–Crippen MR) is 105 cm³/mol. The maximum atomic E-state index is 11.9. The molecule has 0 spiro atoms. The molecule has 1 fully saturated rings. The summed E-state index contributed by atoms with van der Waals surface area (Å²) >= 11 is 1.59. The van der Waals surface area contributed by atoms with Crippen LogP contribution in [-0.4, -0.2) is 65.6 Å². The van der Waals surface area contributed by atoms with Crippen molar-refractivity contribution in [2.24, 2.45) is 0 Å². The molecule has 2 N–H and O–H groups in total. The highest BCUT2D eigenvalue weighted by Gasteiger charge is 2.22. The molecule has 1 aromatic rings. The summed E-state index contributed by atoms with van der Waals surface area (Å²) in [5.74, 6) is 0.0829. The number of rotatable bonds is 5. The summed E-state index contributed by atoms with van der Waals surface area (Å²) in [5, 5.41) is 15.2. The van der Waals surface area contributed by atoms with E-state index in [1.807, 2.05) is 38.3 Å². The highest BCUT2D eigenvalue weighted by Crippen LogP contribution is 2.20. The quantitative estimate of drug-likeness (QED) is 0.798. The Kier molecular flexibility index (Phi) is 10.4. The second-order valence-electron chi connectivity index (χ2n) is 6.91. The van der Waals surface area contributed by atoms with Gasteiger partial charge in [0, 0.05) is 43.1 Å². The molecule has 8 heteroatoms. The molecule has 0 saturated carbocycles. The summed E-state index contributed by atoms with van der Waals surface area (Å²) in [6.45, 7) is 10.6. The predicted octanol–water partition coefficient (Wildman–Crippen LogP) is 2.16. The van der Waals surface area contributed by atoms with Crippen LogP contribution in [0.3, 0.4) is 0 Å². The Morgan fingerprint density at radius 1 is 1.25 bits per heavy atom. The molecule has 0 aromatic carbocycles. The van der Waals surface area contributed by atoms with E-state index in [2.05, 4.69) is 15.1 Å². The average molecular weight is 398 g/mol. The molecule has 1 atom stereocenters. The Balaban J connectivity index is 0.00000264. The number of hydrogen-bond donors (Lipinski definition) is 2. The van der Waals surface area contributed by atoms with Gasteiger partial charge in [-0.05, 0) is 32.2 Å². The molecule has 5 nitrogen and oxygen atoms in total. The molecule has 1 unspecified atom stereocenters. The van der Waals surface area contributed by atoms with Gasteiger partial charge in [-0.2, -0.15) is 0 Å². The van der Waals surface area contributed by atoms with Gasteiger partial charge in [-0.25, -0.2) is 0 Å². The van der Waals surface area contributed by atoms with Crippen LogP contribution in [0.4, 0.5) is 0 Å². The standard InChI is InChI=1S/C16H27N3O2S.2ClH/c1-16(2,3)17-15(21)12-19-8-6-18(7-9-19)11-13(20)14-5-4-10-22-14;;/h4-5,10,13,20H,6-9,11-12H2,1-3H3,(H,17,21);2*1H. The van der Waals surface area contributed by atoms with Crippen molar-refractivity contribution in [2.45, 2.75) is 32.4 Å². The molecule has 1 aromatic heterocycles. The summed E-state index contributed by atoms with van der Waals surface area (Å²) in [6, 6.07) is 3.94. The van der Waals surface area contributed by atoms with E-state index in [0.717, 1.165) is 31.1 Å². The van der Waals surface area contributed by atoms with Crippen molar-refractivity contribution in [1.82, 2.24) is 15.1 Å². The van der Waals surface area contributed by atoms with Crippen molar-refractivity contribution in [3.63, 3.8) is 0 Å². The zero-order chi connectivity index (χ0) is 16.2. The van der Waals surface area contributed by atoms with Crippen LogP contribution < -0.4 is 5.32 Å². The average Bonchev–Trinajstić information content (AvgIpc) is 2.92. The molecule has 140 valence electrons. The minimum Gasteiger partial charge on any atom is -0.386 e. The summed E-state index contributed by atoms with van der Waals surface area (Å²) in [6.07, 6.45) is -0.407. The number of amides is 1. The number of piperazine rings is 1. The highest BCUT2D eigenvalue weighted by molar-refractivity contribution is 7.10. The lowest BCUT2D eigenvalue weighted by molar-refractivity contribution is -0.124. The van der Waals surface area contributed by atoms with Gasteiger partial charge in [0.1, 0.15) is 6.10 Å². The van der Waals surface area contributed by atoms with E-state index in [-0.39, 0.29) is 36.3 Å². The number of aliphatic hydroxyl groups is 1. The fraction of sp³-hybridized carbons (Fsp3) is 0.688. The van der Waals surface area contributed by atoms with Gasteiger partial charge >= 0.3 is 0 Å². The molecule has 1 aliphatic heterocycles. The van der Waals surface area contributed by atoms with Gasteiger partial charge in [0.05, 0.1) is 6.54 Å². The maximum absolute atomic E-state index is 11.9. The molecule has 24 heavy (non-hydrogen) atoms. The van der Waals surface area contributed by atoms with Gasteiger partial charge < -0.3 is 10.4 Å². The van der Waals surface area contributed by atoms with Crippen LogP contribution in [0.1, 0.15) is 31.8 Å². The number of carbonyl (C=O) groups is 1. The number of halogens is 2. The summed E-state index contributed by atoms with van der Waals surface area (Å²) in [5.41, 5.74) is -0.177. The van der Waals surface area contributed by atoms with E-state index in [4.69, 9.17) is 0 Å². The molecule has 1 aliphatic rings. The van der Waals surface area contributed by atoms with Crippen LogP contribution in [-0.2, 0) is 4.79 Å². The smallest absolute Gasteiger partial charge is 0.234 e. The second kappa shape index (κ2) is 10.6. The van der Waals surface area contributed by atoms with Gasteiger partial charge in [0.15, 0.2) is 0 Å². The SMILES string of the molecule is CC(C)(C)NC(=O)CN1CCN(CC(O)c2cccs2)CC1.Cl.Cl. The van der Waals surface area contributed by atoms with Crippen molar-refractivity contribution in [2.75, 3.05) is 39.3 Å². The fourth-order valence-corrected chi connectivity index (χ4v) is 3.31. The molecular formula is C16H29Cl2N3O2S. The molecule has 1 amide bonds. The largest absolute Gasteiger partial charge is 0.386 e. The van der Waals surface area contributed by atoms with E-state index in [1.54, 1.807) is 11.3 Å². The number of nitrogens with one attached hydrogen (secondary N) is 1. The first kappa shape index (κ1) is 23.6. The van der Waals surface area contributed by atoms with Crippen LogP contribution in [0.2, 0.25) is 0 Å². The van der Waals surface area contributed by atoms with Crippen LogP contribution in [0.5, 0.6) is 0 Å². The van der Waals surface area contributed by atoms with Crippen LogP contribution in [0, 0.1) is 0 Å². The Labute approximate surface area is 161 Å². The Hall–Kier alpha value is -0.370. The zero-order valence-electron chi connectivity index (χ0n) is 14.5. The molecule has 2 rings (SSSR count). The van der Waals surface area contributed by atoms with Crippen LogP contribution in [0.25, 0.3) is 0 Å². The summed E-state index contributed by atoms with van der Waals surface area (Å²) in [4.78, 5) is 17.4. The summed E-state index contributed by atoms with van der Waals surface area (Å²) in [7, 11) is 0. The normalized spacial score (nSPS) is 17.5. The van der Waals surface area contributed by atoms with Gasteiger partial charge in [-0.1, -0.05) is 6.07 Å². The molecule has 0 radical (unpaired) electrons. The van der Waals surface area contributed by atoms with Crippen LogP contribution in [0.15, 0.2) is 17.5 Å². The van der Waals surface area contributed by atoms with E-state index in [0.29, 0.717) is 13.1 Å². The monoisotopic (exact) mass is 397 g/mol. The zero-order valence-corrected chi connectivity index (χ0v) is 17.0. The number of nitrogens with zero attached hydrogens (tertiary/aromatic N) is 2. The molecular weight excluding hydrogens is 369 g/mol. The van der Waals surface area contributed by atoms with Crippen molar-refractivity contribution in [1.29, 1.82) is 0 Å². The third-order valence-corrected chi connectivity index (χ3v) is 4.62.